The lowest BCUT2D eigenvalue weighted by Crippen LogP contribution is -2.30. The first kappa shape index (κ1) is 25.8. The maximum Gasteiger partial charge on any atom is 0.123 e. The standard InChI is InChI=1S/C39H31FN2/c1-39(2)35-26-29(20-24-37(35)42(33-16-10-5-11-17-33)38-25-21-30(40)27-36(38)39)28-18-22-34(23-19-28)41(31-12-6-3-7-13-31)32-14-8-4-9-15-32/h3-27H,1-2H3. The van der Waals surface area contributed by atoms with Gasteiger partial charge in [-0.2, -0.15) is 0 Å². The molecule has 3 heteroatoms. The van der Waals surface area contributed by atoms with Crippen molar-refractivity contribution in [1.29, 1.82) is 0 Å². The number of anilines is 6. The minimum absolute atomic E-state index is 0.216. The number of hydrogen-bond donors (Lipinski definition) is 0. The van der Waals surface area contributed by atoms with E-state index in [4.69, 9.17) is 0 Å². The van der Waals surface area contributed by atoms with Gasteiger partial charge >= 0.3 is 0 Å². The Morgan fingerprint density at radius 1 is 0.500 bits per heavy atom. The van der Waals surface area contributed by atoms with Crippen LogP contribution in [0.5, 0.6) is 0 Å². The molecule has 0 fully saturated rings. The van der Waals surface area contributed by atoms with Crippen LogP contribution in [0.4, 0.5) is 38.5 Å². The second-order valence-corrected chi connectivity index (χ2v) is 11.2. The van der Waals surface area contributed by atoms with Crippen molar-refractivity contribution in [2.45, 2.75) is 19.3 Å². The lowest BCUT2D eigenvalue weighted by Gasteiger charge is -2.42. The Balaban J connectivity index is 1.31. The maximum atomic E-state index is 14.6. The molecule has 0 spiro atoms. The van der Waals surface area contributed by atoms with Gasteiger partial charge in [0.2, 0.25) is 0 Å². The van der Waals surface area contributed by atoms with Gasteiger partial charge in [0, 0.05) is 28.2 Å². The smallest absolute Gasteiger partial charge is 0.123 e. The largest absolute Gasteiger partial charge is 0.311 e. The molecule has 0 amide bonds. The molecule has 0 radical (unpaired) electrons. The molecule has 1 aliphatic heterocycles. The third kappa shape index (κ3) is 4.44. The summed E-state index contributed by atoms with van der Waals surface area (Å²) in [5, 5.41) is 0. The van der Waals surface area contributed by atoms with E-state index in [-0.39, 0.29) is 11.2 Å². The molecule has 6 aromatic carbocycles. The summed E-state index contributed by atoms with van der Waals surface area (Å²) in [5.41, 5.74) is 10.5. The average molecular weight is 547 g/mol. The average Bonchev–Trinajstić information content (AvgIpc) is 3.04. The number of hydrogen-bond acceptors (Lipinski definition) is 2. The molecule has 0 saturated heterocycles. The van der Waals surface area contributed by atoms with Gasteiger partial charge in [-0.25, -0.2) is 4.39 Å². The predicted molar refractivity (Wildman–Crippen MR) is 173 cm³/mol. The fourth-order valence-electron chi connectivity index (χ4n) is 6.15. The van der Waals surface area contributed by atoms with Crippen molar-refractivity contribution in [1.82, 2.24) is 0 Å². The van der Waals surface area contributed by atoms with E-state index in [1.165, 1.54) is 5.56 Å². The molecular formula is C39H31FN2. The Bertz CT molecular complexity index is 1810. The summed E-state index contributed by atoms with van der Waals surface area (Å²) in [7, 11) is 0. The van der Waals surface area contributed by atoms with Gasteiger partial charge < -0.3 is 9.80 Å². The van der Waals surface area contributed by atoms with Crippen molar-refractivity contribution in [3.05, 3.63) is 169 Å². The minimum Gasteiger partial charge on any atom is -0.311 e. The zero-order chi connectivity index (χ0) is 28.7. The van der Waals surface area contributed by atoms with Crippen LogP contribution in [0.2, 0.25) is 0 Å². The number of rotatable bonds is 5. The molecule has 6 aromatic rings. The third-order valence-corrected chi connectivity index (χ3v) is 8.29. The fraction of sp³-hybridized carbons (Fsp3) is 0.0769. The lowest BCUT2D eigenvalue weighted by atomic mass is 9.73. The zero-order valence-electron chi connectivity index (χ0n) is 23.7. The summed E-state index contributed by atoms with van der Waals surface area (Å²) in [4.78, 5) is 4.52. The summed E-state index contributed by atoms with van der Waals surface area (Å²) in [6.45, 7) is 4.38. The molecule has 0 aliphatic carbocycles. The highest BCUT2D eigenvalue weighted by molar-refractivity contribution is 5.88. The molecule has 2 nitrogen and oxygen atoms in total. The molecule has 42 heavy (non-hydrogen) atoms. The van der Waals surface area contributed by atoms with Gasteiger partial charge in [0.25, 0.3) is 0 Å². The summed E-state index contributed by atoms with van der Waals surface area (Å²) >= 11 is 0. The van der Waals surface area contributed by atoms with Crippen LogP contribution < -0.4 is 9.80 Å². The quantitative estimate of drug-likeness (QED) is 0.212. The van der Waals surface area contributed by atoms with Crippen molar-refractivity contribution in [2.24, 2.45) is 0 Å². The summed E-state index contributed by atoms with van der Waals surface area (Å²) in [6.07, 6.45) is 0. The van der Waals surface area contributed by atoms with Crippen LogP contribution in [0.1, 0.15) is 25.0 Å². The van der Waals surface area contributed by atoms with E-state index in [1.807, 2.05) is 36.4 Å². The van der Waals surface area contributed by atoms with Gasteiger partial charge in [0.15, 0.2) is 0 Å². The summed E-state index contributed by atoms with van der Waals surface area (Å²) in [6, 6.07) is 51.8. The Hall–Kier alpha value is -5.15. The lowest BCUT2D eigenvalue weighted by molar-refractivity contribution is 0.597. The van der Waals surface area contributed by atoms with Crippen LogP contribution in [0, 0.1) is 5.82 Å². The third-order valence-electron chi connectivity index (χ3n) is 8.29. The van der Waals surface area contributed by atoms with E-state index in [1.54, 1.807) is 12.1 Å². The molecule has 7 rings (SSSR count). The predicted octanol–water partition coefficient (Wildman–Crippen LogP) is 11.1. The Labute approximate surface area is 246 Å². The molecule has 0 saturated carbocycles. The first-order valence-corrected chi connectivity index (χ1v) is 14.3. The number of para-hydroxylation sites is 3. The van der Waals surface area contributed by atoms with Crippen LogP contribution in [-0.2, 0) is 5.41 Å². The monoisotopic (exact) mass is 546 g/mol. The highest BCUT2D eigenvalue weighted by atomic mass is 19.1. The van der Waals surface area contributed by atoms with Gasteiger partial charge in [-0.1, -0.05) is 86.6 Å². The summed E-state index contributed by atoms with van der Waals surface area (Å²) < 4.78 is 14.6. The van der Waals surface area contributed by atoms with Crippen LogP contribution in [0.15, 0.2) is 152 Å². The first-order valence-electron chi connectivity index (χ1n) is 14.3. The highest BCUT2D eigenvalue weighted by Gasteiger charge is 2.37. The van der Waals surface area contributed by atoms with E-state index in [0.29, 0.717) is 0 Å². The van der Waals surface area contributed by atoms with Gasteiger partial charge in [0.1, 0.15) is 5.82 Å². The van der Waals surface area contributed by atoms with Gasteiger partial charge in [-0.3, -0.25) is 0 Å². The molecule has 0 N–H and O–H groups in total. The maximum absolute atomic E-state index is 14.6. The highest BCUT2D eigenvalue weighted by Crippen LogP contribution is 2.52. The molecule has 0 aromatic heterocycles. The van der Waals surface area contributed by atoms with Crippen LogP contribution in [-0.4, -0.2) is 0 Å². The zero-order valence-corrected chi connectivity index (χ0v) is 23.7. The van der Waals surface area contributed by atoms with Crippen molar-refractivity contribution >= 4 is 34.1 Å². The molecule has 0 atom stereocenters. The van der Waals surface area contributed by atoms with Crippen LogP contribution in [0.3, 0.4) is 0 Å². The molecule has 0 bridgehead atoms. The molecule has 204 valence electrons. The van der Waals surface area contributed by atoms with Crippen molar-refractivity contribution in [3.63, 3.8) is 0 Å². The topological polar surface area (TPSA) is 6.48 Å². The second kappa shape index (κ2) is 10.4. The molecule has 1 heterocycles. The van der Waals surface area contributed by atoms with Gasteiger partial charge in [-0.05, 0) is 101 Å². The second-order valence-electron chi connectivity index (χ2n) is 11.2. The van der Waals surface area contributed by atoms with Crippen molar-refractivity contribution in [3.8, 4) is 11.1 Å². The number of nitrogens with zero attached hydrogens (tertiary/aromatic N) is 2. The molecule has 1 aliphatic rings. The van der Waals surface area contributed by atoms with Crippen LogP contribution in [0.25, 0.3) is 11.1 Å². The van der Waals surface area contributed by atoms with E-state index < -0.39 is 0 Å². The first-order chi connectivity index (χ1) is 20.5. The number of halogens is 1. The van der Waals surface area contributed by atoms with E-state index >= 15 is 0 Å². The minimum atomic E-state index is -0.384. The Morgan fingerprint density at radius 3 is 1.57 bits per heavy atom. The molecular weight excluding hydrogens is 515 g/mol. The van der Waals surface area contributed by atoms with Crippen molar-refractivity contribution in [2.75, 3.05) is 9.80 Å². The molecule has 0 unspecified atom stereocenters. The van der Waals surface area contributed by atoms with Gasteiger partial charge in [-0.15, -0.1) is 0 Å². The van der Waals surface area contributed by atoms with E-state index in [0.717, 1.165) is 50.8 Å². The van der Waals surface area contributed by atoms with E-state index in [9.17, 15) is 4.39 Å². The van der Waals surface area contributed by atoms with Gasteiger partial charge in [0.05, 0.1) is 11.4 Å². The summed E-state index contributed by atoms with van der Waals surface area (Å²) in [5.74, 6) is -0.216. The Morgan fingerprint density at radius 2 is 0.976 bits per heavy atom. The van der Waals surface area contributed by atoms with Crippen molar-refractivity contribution < 1.29 is 4.39 Å². The number of fused-ring (bicyclic) bond motifs is 2. The Kier molecular flexibility index (Phi) is 6.36. The van der Waals surface area contributed by atoms with Crippen LogP contribution >= 0.6 is 0 Å². The van der Waals surface area contributed by atoms with E-state index in [2.05, 4.69) is 127 Å². The SMILES string of the molecule is CC1(C)c2cc(F)ccc2N(c2ccccc2)c2ccc(-c3ccc(N(c4ccccc4)c4ccccc4)cc3)cc21. The fourth-order valence-corrected chi connectivity index (χ4v) is 6.15. The number of benzene rings is 6. The normalized spacial score (nSPS) is 13.3.